The molecule has 0 saturated carbocycles. The van der Waals surface area contributed by atoms with Crippen molar-refractivity contribution >= 4 is 23.2 Å². The molecule has 2 aliphatic heterocycles. The zero-order chi connectivity index (χ0) is 24.1. The minimum absolute atomic E-state index is 0.203. The number of thiophene rings is 1. The summed E-state index contributed by atoms with van der Waals surface area (Å²) in [7, 11) is 1.70. The maximum Gasteiger partial charge on any atom is 0.490 e. The van der Waals surface area contributed by atoms with E-state index >= 15 is 0 Å². The van der Waals surface area contributed by atoms with Gasteiger partial charge in [-0.15, -0.1) is 0 Å². The van der Waals surface area contributed by atoms with Crippen LogP contribution in [0.25, 0.3) is 0 Å². The SMILES string of the molecule is COc1ccc(CN2CCC3(CCN(C(=O)c4ccsc4)CC3)C2)cc1.O=C(O)C(F)(F)F. The molecule has 0 atom stereocenters. The highest BCUT2D eigenvalue weighted by Gasteiger charge is 2.41. The largest absolute Gasteiger partial charge is 0.497 e. The first kappa shape index (κ1) is 25.0. The lowest BCUT2D eigenvalue weighted by Gasteiger charge is -2.39. The molecule has 2 aromatic rings. The minimum Gasteiger partial charge on any atom is -0.497 e. The molecule has 10 heteroatoms. The van der Waals surface area contributed by atoms with Gasteiger partial charge in [0.15, 0.2) is 0 Å². The van der Waals surface area contributed by atoms with E-state index in [1.165, 1.54) is 12.0 Å². The molecule has 0 unspecified atom stereocenters. The van der Waals surface area contributed by atoms with E-state index < -0.39 is 12.1 Å². The lowest BCUT2D eigenvalue weighted by atomic mass is 9.77. The first-order valence-electron chi connectivity index (χ1n) is 10.6. The number of ether oxygens (including phenoxy) is 1. The fourth-order valence-corrected chi connectivity index (χ4v) is 4.94. The van der Waals surface area contributed by atoms with Crippen LogP contribution in [0.3, 0.4) is 0 Å². The number of benzene rings is 1. The third-order valence-electron chi connectivity index (χ3n) is 6.20. The zero-order valence-electron chi connectivity index (χ0n) is 18.3. The molecule has 0 radical (unpaired) electrons. The Balaban J connectivity index is 0.000000383. The molecule has 4 rings (SSSR count). The normalized spacial score (nSPS) is 18.0. The highest BCUT2D eigenvalue weighted by Crippen LogP contribution is 2.41. The molecule has 1 amide bonds. The molecular formula is C23H27F3N2O4S. The number of methoxy groups -OCH3 is 1. The second-order valence-corrected chi connectivity index (χ2v) is 9.20. The number of aliphatic carboxylic acids is 1. The van der Waals surface area contributed by atoms with Crippen molar-refractivity contribution in [1.29, 1.82) is 0 Å². The Labute approximate surface area is 194 Å². The van der Waals surface area contributed by atoms with Gasteiger partial charge in [-0.05, 0) is 60.4 Å². The number of nitrogens with zero attached hydrogens (tertiary/aromatic N) is 2. The van der Waals surface area contributed by atoms with Gasteiger partial charge in [0.25, 0.3) is 5.91 Å². The summed E-state index contributed by atoms with van der Waals surface area (Å²) in [6.07, 6.45) is -1.58. The van der Waals surface area contributed by atoms with Crippen molar-refractivity contribution in [2.75, 3.05) is 33.3 Å². The second-order valence-electron chi connectivity index (χ2n) is 8.42. The van der Waals surface area contributed by atoms with Crippen LogP contribution in [0.1, 0.15) is 35.2 Å². The Hall–Kier alpha value is -2.59. The van der Waals surface area contributed by atoms with E-state index in [4.69, 9.17) is 14.6 Å². The van der Waals surface area contributed by atoms with Crippen LogP contribution in [0.5, 0.6) is 5.75 Å². The van der Waals surface area contributed by atoms with E-state index in [9.17, 15) is 18.0 Å². The van der Waals surface area contributed by atoms with Crippen LogP contribution in [0.4, 0.5) is 13.2 Å². The predicted octanol–water partition coefficient (Wildman–Crippen LogP) is 4.52. The third-order valence-corrected chi connectivity index (χ3v) is 6.89. The minimum atomic E-state index is -5.08. The molecular weight excluding hydrogens is 457 g/mol. The number of rotatable bonds is 4. The summed E-state index contributed by atoms with van der Waals surface area (Å²) in [5.74, 6) is -1.64. The summed E-state index contributed by atoms with van der Waals surface area (Å²) in [6.45, 7) is 5.10. The van der Waals surface area contributed by atoms with Gasteiger partial charge < -0.3 is 14.7 Å². The van der Waals surface area contributed by atoms with Crippen LogP contribution in [-0.2, 0) is 11.3 Å². The van der Waals surface area contributed by atoms with Crippen molar-refractivity contribution in [3.8, 4) is 5.75 Å². The van der Waals surface area contributed by atoms with Crippen LogP contribution in [-0.4, -0.2) is 66.2 Å². The van der Waals surface area contributed by atoms with Gasteiger partial charge in [-0.2, -0.15) is 24.5 Å². The summed E-state index contributed by atoms with van der Waals surface area (Å²) >= 11 is 1.59. The average Bonchev–Trinajstić information content (AvgIpc) is 3.45. The number of carboxylic acid groups (broad SMARTS) is 1. The Morgan fingerprint density at radius 1 is 1.09 bits per heavy atom. The van der Waals surface area contributed by atoms with Gasteiger partial charge in [0.1, 0.15) is 5.75 Å². The Morgan fingerprint density at radius 2 is 1.70 bits per heavy atom. The van der Waals surface area contributed by atoms with Crippen molar-refractivity contribution in [2.24, 2.45) is 5.41 Å². The number of likely N-dealkylation sites (tertiary alicyclic amines) is 2. The molecule has 2 fully saturated rings. The highest BCUT2D eigenvalue weighted by atomic mass is 32.1. The van der Waals surface area contributed by atoms with Gasteiger partial charge in [-0.1, -0.05) is 12.1 Å². The number of amides is 1. The summed E-state index contributed by atoms with van der Waals surface area (Å²) in [4.78, 5) is 26.0. The second kappa shape index (κ2) is 10.6. The molecule has 0 bridgehead atoms. The van der Waals surface area contributed by atoms with Gasteiger partial charge in [0.2, 0.25) is 0 Å². The average molecular weight is 485 g/mol. The van der Waals surface area contributed by atoms with Crippen LogP contribution in [0, 0.1) is 5.41 Å². The molecule has 2 aliphatic rings. The van der Waals surface area contributed by atoms with Crippen LogP contribution < -0.4 is 4.74 Å². The lowest BCUT2D eigenvalue weighted by Crippen LogP contribution is -2.44. The molecule has 6 nitrogen and oxygen atoms in total. The Morgan fingerprint density at radius 3 is 2.21 bits per heavy atom. The van der Waals surface area contributed by atoms with Gasteiger partial charge in [-0.25, -0.2) is 4.79 Å². The van der Waals surface area contributed by atoms with Gasteiger partial charge in [-0.3, -0.25) is 9.69 Å². The molecule has 33 heavy (non-hydrogen) atoms. The number of hydrogen-bond donors (Lipinski definition) is 1. The predicted molar refractivity (Wildman–Crippen MR) is 118 cm³/mol. The molecule has 0 aliphatic carbocycles. The molecule has 1 aromatic carbocycles. The zero-order valence-corrected chi connectivity index (χ0v) is 19.1. The molecule has 3 heterocycles. The van der Waals surface area contributed by atoms with Crippen molar-refractivity contribution < 1.29 is 32.6 Å². The summed E-state index contributed by atoms with van der Waals surface area (Å²) < 4.78 is 37.0. The number of carboxylic acids is 1. The number of carbonyl (C=O) groups is 2. The molecule has 1 spiro atoms. The number of piperidine rings is 1. The molecule has 180 valence electrons. The van der Waals surface area contributed by atoms with Crippen LogP contribution in [0.2, 0.25) is 0 Å². The van der Waals surface area contributed by atoms with Crippen molar-refractivity contribution in [1.82, 2.24) is 9.80 Å². The van der Waals surface area contributed by atoms with Crippen LogP contribution in [0.15, 0.2) is 41.1 Å². The first-order valence-corrected chi connectivity index (χ1v) is 11.5. The summed E-state index contributed by atoms with van der Waals surface area (Å²) in [6, 6.07) is 10.3. The number of halogens is 3. The number of carbonyl (C=O) groups excluding carboxylic acids is 1. The highest BCUT2D eigenvalue weighted by molar-refractivity contribution is 7.08. The number of alkyl halides is 3. The topological polar surface area (TPSA) is 70.1 Å². The van der Waals surface area contributed by atoms with Crippen LogP contribution >= 0.6 is 11.3 Å². The smallest absolute Gasteiger partial charge is 0.490 e. The summed E-state index contributed by atoms with van der Waals surface area (Å²) in [5, 5.41) is 11.1. The number of hydrogen-bond acceptors (Lipinski definition) is 5. The van der Waals surface area contributed by atoms with Crippen molar-refractivity contribution in [3.05, 3.63) is 52.2 Å². The maximum absolute atomic E-state index is 12.5. The van der Waals surface area contributed by atoms with E-state index in [0.29, 0.717) is 5.41 Å². The van der Waals surface area contributed by atoms with Gasteiger partial charge in [0, 0.05) is 31.6 Å². The molecule has 2 saturated heterocycles. The van der Waals surface area contributed by atoms with E-state index in [1.54, 1.807) is 18.4 Å². The summed E-state index contributed by atoms with van der Waals surface area (Å²) in [5.41, 5.74) is 2.59. The van der Waals surface area contributed by atoms with E-state index in [1.807, 2.05) is 33.9 Å². The van der Waals surface area contributed by atoms with Crippen molar-refractivity contribution in [3.63, 3.8) is 0 Å². The fourth-order valence-electron chi connectivity index (χ4n) is 4.31. The van der Waals surface area contributed by atoms with Gasteiger partial charge >= 0.3 is 12.1 Å². The quantitative estimate of drug-likeness (QED) is 0.691. The fraction of sp³-hybridized carbons (Fsp3) is 0.478. The van der Waals surface area contributed by atoms with Gasteiger partial charge in [0.05, 0.1) is 12.7 Å². The van der Waals surface area contributed by atoms with E-state index in [0.717, 1.165) is 56.9 Å². The third kappa shape index (κ3) is 6.70. The maximum atomic E-state index is 12.5. The Kier molecular flexibility index (Phi) is 8.01. The van der Waals surface area contributed by atoms with E-state index in [2.05, 4.69) is 17.0 Å². The first-order chi connectivity index (χ1) is 15.6. The van der Waals surface area contributed by atoms with E-state index in [-0.39, 0.29) is 5.91 Å². The molecule has 1 aromatic heterocycles. The standard InChI is InChI=1S/C21H26N2O2S.C2HF3O2/c1-25-19-4-2-17(3-5-19)14-22-10-7-21(16-22)8-11-23(12-9-21)20(24)18-6-13-26-15-18;3-2(4,5)1(6)7/h2-6,13,15H,7-12,14,16H2,1H3;(H,6,7). The molecule has 1 N–H and O–H groups in total. The monoisotopic (exact) mass is 484 g/mol. The van der Waals surface area contributed by atoms with Crippen molar-refractivity contribution in [2.45, 2.75) is 32.0 Å². The lowest BCUT2D eigenvalue weighted by molar-refractivity contribution is -0.192. The Bertz CT molecular complexity index is 924.